The van der Waals surface area contributed by atoms with Crippen molar-refractivity contribution < 1.29 is 19.1 Å². The van der Waals surface area contributed by atoms with Gasteiger partial charge >= 0.3 is 12.2 Å². The third-order valence-corrected chi connectivity index (χ3v) is 1.99. The van der Waals surface area contributed by atoms with Gasteiger partial charge in [0.1, 0.15) is 13.2 Å². The van der Waals surface area contributed by atoms with Gasteiger partial charge < -0.3 is 20.1 Å². The number of rotatable bonds is 8. The van der Waals surface area contributed by atoms with Gasteiger partial charge in [-0.1, -0.05) is 13.3 Å². The van der Waals surface area contributed by atoms with E-state index in [1.54, 1.807) is 12.2 Å². The fraction of sp³-hybridized carbons (Fsp3) is 0.692. The Morgan fingerprint density at radius 3 is 2.21 bits per heavy atom. The van der Waals surface area contributed by atoms with Crippen molar-refractivity contribution in [1.82, 2.24) is 10.6 Å². The van der Waals surface area contributed by atoms with E-state index in [1.807, 2.05) is 20.8 Å². The summed E-state index contributed by atoms with van der Waals surface area (Å²) in [5.74, 6) is 0. The molecule has 110 valence electrons. The maximum Gasteiger partial charge on any atom is 0.407 e. The summed E-state index contributed by atoms with van der Waals surface area (Å²) in [6, 6.07) is 0.0478. The third kappa shape index (κ3) is 12.5. The van der Waals surface area contributed by atoms with Crippen molar-refractivity contribution in [3.05, 3.63) is 12.2 Å². The Hall–Kier alpha value is -1.72. The van der Waals surface area contributed by atoms with E-state index >= 15 is 0 Å². The zero-order valence-electron chi connectivity index (χ0n) is 11.9. The van der Waals surface area contributed by atoms with Crippen LogP contribution in [0.4, 0.5) is 9.59 Å². The van der Waals surface area contributed by atoms with Crippen molar-refractivity contribution in [2.24, 2.45) is 0 Å². The molecule has 0 bridgehead atoms. The molecule has 0 aromatic heterocycles. The molecule has 2 N–H and O–H groups in total. The second-order valence-corrected chi connectivity index (χ2v) is 4.25. The van der Waals surface area contributed by atoms with E-state index in [1.165, 1.54) is 0 Å². The Balaban J connectivity index is 3.48. The molecule has 0 aliphatic carbocycles. The van der Waals surface area contributed by atoms with Crippen LogP contribution in [0.5, 0.6) is 0 Å². The minimum Gasteiger partial charge on any atom is -0.445 e. The standard InChI is InChI=1S/C13H24N2O4/c1-4-5-8-14-12(16)18-9-6-7-10-19-13(17)15-11(2)3/h6-7,11H,4-5,8-10H2,1-3H3,(H,14,16)(H,15,17)/b7-6+. The number of amides is 2. The van der Waals surface area contributed by atoms with E-state index in [2.05, 4.69) is 10.6 Å². The fourth-order valence-electron chi connectivity index (χ4n) is 1.08. The second-order valence-electron chi connectivity index (χ2n) is 4.25. The SMILES string of the molecule is CCCCNC(=O)OC/C=C/COC(=O)NC(C)C. The van der Waals surface area contributed by atoms with Gasteiger partial charge in [0.15, 0.2) is 0 Å². The number of alkyl carbamates (subject to hydrolysis) is 2. The molecule has 0 aromatic carbocycles. The van der Waals surface area contributed by atoms with Gasteiger partial charge in [-0.15, -0.1) is 0 Å². The van der Waals surface area contributed by atoms with Gasteiger partial charge in [-0.2, -0.15) is 0 Å². The quantitative estimate of drug-likeness (QED) is 0.524. The molecule has 0 aromatic rings. The normalized spacial score (nSPS) is 10.5. The first-order valence-electron chi connectivity index (χ1n) is 6.55. The lowest BCUT2D eigenvalue weighted by atomic mass is 10.3. The Morgan fingerprint density at radius 2 is 1.68 bits per heavy atom. The first-order valence-corrected chi connectivity index (χ1v) is 6.55. The van der Waals surface area contributed by atoms with Gasteiger partial charge in [-0.05, 0) is 32.4 Å². The number of hydrogen-bond acceptors (Lipinski definition) is 4. The van der Waals surface area contributed by atoms with Crippen molar-refractivity contribution >= 4 is 12.2 Å². The van der Waals surface area contributed by atoms with Gasteiger partial charge in [0.25, 0.3) is 0 Å². The lowest BCUT2D eigenvalue weighted by molar-refractivity contribution is 0.152. The van der Waals surface area contributed by atoms with Crippen LogP contribution in [-0.2, 0) is 9.47 Å². The van der Waals surface area contributed by atoms with Crippen LogP contribution in [0.3, 0.4) is 0 Å². The van der Waals surface area contributed by atoms with Gasteiger partial charge in [0, 0.05) is 12.6 Å². The predicted octanol–water partition coefficient (Wildman–Crippen LogP) is 2.20. The first kappa shape index (κ1) is 17.3. The average Bonchev–Trinajstić information content (AvgIpc) is 2.33. The van der Waals surface area contributed by atoms with E-state index in [9.17, 15) is 9.59 Å². The highest BCUT2D eigenvalue weighted by molar-refractivity contribution is 5.67. The van der Waals surface area contributed by atoms with Crippen molar-refractivity contribution in [3.63, 3.8) is 0 Å². The number of carbonyl (C=O) groups excluding carboxylic acids is 2. The Morgan fingerprint density at radius 1 is 1.11 bits per heavy atom. The average molecular weight is 272 g/mol. The van der Waals surface area contributed by atoms with E-state index in [-0.39, 0.29) is 19.3 Å². The van der Waals surface area contributed by atoms with Crippen LogP contribution in [0.25, 0.3) is 0 Å². The van der Waals surface area contributed by atoms with Gasteiger partial charge in [0.05, 0.1) is 0 Å². The topological polar surface area (TPSA) is 76.7 Å². The van der Waals surface area contributed by atoms with Crippen LogP contribution in [0.1, 0.15) is 33.6 Å². The molecule has 2 amide bonds. The highest BCUT2D eigenvalue weighted by Gasteiger charge is 2.01. The number of unbranched alkanes of at least 4 members (excludes halogenated alkanes) is 1. The lowest BCUT2D eigenvalue weighted by Gasteiger charge is -2.07. The van der Waals surface area contributed by atoms with Crippen LogP contribution in [0, 0.1) is 0 Å². The summed E-state index contributed by atoms with van der Waals surface area (Å²) in [6.07, 6.45) is 4.32. The molecule has 0 heterocycles. The molecule has 19 heavy (non-hydrogen) atoms. The molecule has 0 aliphatic rings. The Kier molecular flexibility index (Phi) is 10.3. The molecule has 0 radical (unpaired) electrons. The van der Waals surface area contributed by atoms with Crippen molar-refractivity contribution in [2.75, 3.05) is 19.8 Å². The summed E-state index contributed by atoms with van der Waals surface area (Å²) >= 11 is 0. The van der Waals surface area contributed by atoms with E-state index in [4.69, 9.17) is 9.47 Å². The van der Waals surface area contributed by atoms with Crippen LogP contribution >= 0.6 is 0 Å². The molecule has 6 heteroatoms. The van der Waals surface area contributed by atoms with Gasteiger partial charge in [0.2, 0.25) is 0 Å². The highest BCUT2D eigenvalue weighted by Crippen LogP contribution is 1.87. The monoisotopic (exact) mass is 272 g/mol. The molecule has 0 spiro atoms. The zero-order valence-corrected chi connectivity index (χ0v) is 11.9. The van der Waals surface area contributed by atoms with Crippen LogP contribution in [0.15, 0.2) is 12.2 Å². The lowest BCUT2D eigenvalue weighted by Crippen LogP contribution is -2.30. The molecule has 0 saturated carbocycles. The number of nitrogens with one attached hydrogen (secondary N) is 2. The fourth-order valence-corrected chi connectivity index (χ4v) is 1.08. The molecule has 0 saturated heterocycles. The number of hydrogen-bond donors (Lipinski definition) is 2. The smallest absolute Gasteiger partial charge is 0.407 e. The second kappa shape index (κ2) is 11.4. The molecular formula is C13H24N2O4. The van der Waals surface area contributed by atoms with E-state index < -0.39 is 12.2 Å². The molecule has 0 atom stereocenters. The Labute approximate surface area is 114 Å². The third-order valence-electron chi connectivity index (χ3n) is 1.99. The maximum atomic E-state index is 11.1. The van der Waals surface area contributed by atoms with Crippen LogP contribution < -0.4 is 10.6 Å². The van der Waals surface area contributed by atoms with Crippen molar-refractivity contribution in [3.8, 4) is 0 Å². The molecule has 0 fully saturated rings. The van der Waals surface area contributed by atoms with Crippen LogP contribution in [0.2, 0.25) is 0 Å². The summed E-state index contributed by atoms with van der Waals surface area (Å²) < 4.78 is 9.71. The minimum atomic E-state index is -0.460. The van der Waals surface area contributed by atoms with Gasteiger partial charge in [-0.3, -0.25) is 0 Å². The van der Waals surface area contributed by atoms with Gasteiger partial charge in [-0.25, -0.2) is 9.59 Å². The highest BCUT2D eigenvalue weighted by atomic mass is 16.6. The molecule has 0 unspecified atom stereocenters. The van der Waals surface area contributed by atoms with E-state index in [0.717, 1.165) is 12.8 Å². The van der Waals surface area contributed by atoms with Crippen LogP contribution in [-0.4, -0.2) is 38.0 Å². The number of ether oxygens (including phenoxy) is 2. The summed E-state index contributed by atoms with van der Waals surface area (Å²) in [4.78, 5) is 22.2. The molecule has 0 aliphatic heterocycles. The Bertz CT molecular complexity index is 290. The molecule has 6 nitrogen and oxygen atoms in total. The summed E-state index contributed by atoms with van der Waals surface area (Å²) in [5.41, 5.74) is 0. The summed E-state index contributed by atoms with van der Waals surface area (Å²) in [7, 11) is 0. The maximum absolute atomic E-state index is 11.1. The summed E-state index contributed by atoms with van der Waals surface area (Å²) in [5, 5.41) is 5.21. The predicted molar refractivity (Wildman–Crippen MR) is 73.0 cm³/mol. The zero-order chi connectivity index (χ0) is 14.5. The largest absolute Gasteiger partial charge is 0.445 e. The molecule has 0 rings (SSSR count). The molecular weight excluding hydrogens is 248 g/mol. The minimum absolute atomic E-state index is 0.0478. The number of carbonyl (C=O) groups is 2. The van der Waals surface area contributed by atoms with E-state index in [0.29, 0.717) is 6.54 Å². The first-order chi connectivity index (χ1) is 9.06. The van der Waals surface area contributed by atoms with Crippen molar-refractivity contribution in [1.29, 1.82) is 0 Å². The summed E-state index contributed by atoms with van der Waals surface area (Å²) in [6.45, 7) is 6.68. The van der Waals surface area contributed by atoms with Crippen molar-refractivity contribution in [2.45, 2.75) is 39.7 Å².